The summed E-state index contributed by atoms with van der Waals surface area (Å²) in [5.41, 5.74) is 9.22. The zero-order valence-corrected chi connectivity index (χ0v) is 11.7. The van der Waals surface area contributed by atoms with Gasteiger partial charge in [-0.2, -0.15) is 0 Å². The number of aryl methyl sites for hydroxylation is 2. The second-order valence-corrected chi connectivity index (χ2v) is 6.15. The van der Waals surface area contributed by atoms with Crippen molar-refractivity contribution >= 4 is 5.91 Å². The molecule has 2 aliphatic rings. The summed E-state index contributed by atoms with van der Waals surface area (Å²) in [6.07, 6.45) is 4.17. The van der Waals surface area contributed by atoms with E-state index < -0.39 is 0 Å². The molecule has 0 aliphatic carbocycles. The molecule has 2 heterocycles. The highest BCUT2D eigenvalue weighted by molar-refractivity contribution is 5.96. The predicted octanol–water partition coefficient (Wildman–Crippen LogP) is 2.40. The second-order valence-electron chi connectivity index (χ2n) is 6.15. The van der Waals surface area contributed by atoms with Crippen LogP contribution in [0.25, 0.3) is 0 Å². The van der Waals surface area contributed by atoms with Crippen molar-refractivity contribution in [3.8, 4) is 0 Å². The van der Waals surface area contributed by atoms with Crippen LogP contribution in [0, 0.1) is 13.8 Å². The average molecular weight is 258 g/mol. The van der Waals surface area contributed by atoms with Gasteiger partial charge in [0, 0.05) is 23.7 Å². The molecule has 2 aliphatic heterocycles. The minimum Gasteiger partial charge on any atom is -0.333 e. The Morgan fingerprint density at radius 1 is 1.21 bits per heavy atom. The third-order valence-corrected chi connectivity index (χ3v) is 4.62. The first-order chi connectivity index (χ1) is 9.06. The average Bonchev–Trinajstić information content (AvgIpc) is 2.61. The van der Waals surface area contributed by atoms with Gasteiger partial charge in [-0.3, -0.25) is 4.79 Å². The monoisotopic (exact) mass is 258 g/mol. The van der Waals surface area contributed by atoms with E-state index in [1.54, 1.807) is 0 Å². The van der Waals surface area contributed by atoms with Crippen molar-refractivity contribution in [2.75, 3.05) is 0 Å². The molecule has 3 nitrogen and oxygen atoms in total. The predicted molar refractivity (Wildman–Crippen MR) is 76.1 cm³/mol. The maximum atomic E-state index is 12.8. The first-order valence-electron chi connectivity index (χ1n) is 7.21. The molecule has 0 saturated carbocycles. The first kappa shape index (κ1) is 12.7. The molecule has 19 heavy (non-hydrogen) atoms. The van der Waals surface area contributed by atoms with E-state index in [0.717, 1.165) is 36.8 Å². The fourth-order valence-corrected chi connectivity index (χ4v) is 3.74. The van der Waals surface area contributed by atoms with E-state index in [1.807, 2.05) is 19.1 Å². The van der Waals surface area contributed by atoms with Crippen molar-refractivity contribution < 1.29 is 4.79 Å². The Morgan fingerprint density at radius 3 is 2.42 bits per heavy atom. The van der Waals surface area contributed by atoms with Gasteiger partial charge in [-0.15, -0.1) is 0 Å². The minimum absolute atomic E-state index is 0.205. The summed E-state index contributed by atoms with van der Waals surface area (Å²) in [7, 11) is 0. The summed E-state index contributed by atoms with van der Waals surface area (Å²) >= 11 is 0. The lowest BCUT2D eigenvalue weighted by Crippen LogP contribution is -2.50. The number of amides is 1. The molecule has 2 saturated heterocycles. The zero-order chi connectivity index (χ0) is 13.6. The largest absolute Gasteiger partial charge is 0.333 e. The summed E-state index contributed by atoms with van der Waals surface area (Å²) in [6.45, 7) is 4.09. The third kappa shape index (κ3) is 2.16. The van der Waals surface area contributed by atoms with Crippen LogP contribution < -0.4 is 5.73 Å². The molecule has 2 bridgehead atoms. The summed E-state index contributed by atoms with van der Waals surface area (Å²) in [5, 5.41) is 0. The van der Waals surface area contributed by atoms with Crippen LogP contribution in [0.5, 0.6) is 0 Å². The molecule has 0 spiro atoms. The van der Waals surface area contributed by atoms with E-state index in [2.05, 4.69) is 17.9 Å². The number of fused-ring (bicyclic) bond motifs is 2. The maximum Gasteiger partial charge on any atom is 0.254 e. The van der Waals surface area contributed by atoms with E-state index in [-0.39, 0.29) is 11.9 Å². The van der Waals surface area contributed by atoms with Crippen LogP contribution in [0.3, 0.4) is 0 Å². The second kappa shape index (κ2) is 4.64. The lowest BCUT2D eigenvalue weighted by Gasteiger charge is -2.38. The standard InChI is InChI=1S/C16H22N2O/c1-10-3-6-15(11(2)7-10)16(19)18-13-4-5-14(18)9-12(17)8-13/h3,6-7,12-14H,4-5,8-9,17H2,1-2H3. The van der Waals surface area contributed by atoms with Gasteiger partial charge in [-0.1, -0.05) is 17.7 Å². The summed E-state index contributed by atoms with van der Waals surface area (Å²) in [5.74, 6) is 0.205. The van der Waals surface area contributed by atoms with Crippen LogP contribution in [-0.2, 0) is 0 Å². The van der Waals surface area contributed by atoms with Crippen molar-refractivity contribution in [2.24, 2.45) is 5.73 Å². The molecule has 1 aromatic carbocycles. The fourth-order valence-electron chi connectivity index (χ4n) is 3.74. The smallest absolute Gasteiger partial charge is 0.254 e. The Bertz CT molecular complexity index is 497. The van der Waals surface area contributed by atoms with Crippen LogP contribution in [0.4, 0.5) is 0 Å². The highest BCUT2D eigenvalue weighted by Gasteiger charge is 2.42. The molecule has 1 aromatic rings. The van der Waals surface area contributed by atoms with E-state index in [1.165, 1.54) is 5.56 Å². The van der Waals surface area contributed by atoms with Crippen LogP contribution in [0.1, 0.15) is 47.2 Å². The van der Waals surface area contributed by atoms with Gasteiger partial charge in [-0.25, -0.2) is 0 Å². The fraction of sp³-hybridized carbons (Fsp3) is 0.562. The number of nitrogens with two attached hydrogens (primary N) is 1. The number of benzene rings is 1. The molecule has 102 valence electrons. The summed E-state index contributed by atoms with van der Waals surface area (Å²) < 4.78 is 0. The Morgan fingerprint density at radius 2 is 1.84 bits per heavy atom. The van der Waals surface area contributed by atoms with Crippen LogP contribution in [0.2, 0.25) is 0 Å². The molecule has 2 N–H and O–H groups in total. The summed E-state index contributed by atoms with van der Waals surface area (Å²) in [4.78, 5) is 14.9. The Labute approximate surface area is 114 Å². The van der Waals surface area contributed by atoms with Gasteiger partial charge in [-0.05, 0) is 51.2 Å². The van der Waals surface area contributed by atoms with Gasteiger partial charge in [0.1, 0.15) is 0 Å². The molecule has 3 heteroatoms. The number of carbonyl (C=O) groups excluding carboxylic acids is 1. The van der Waals surface area contributed by atoms with Gasteiger partial charge >= 0.3 is 0 Å². The van der Waals surface area contributed by atoms with Crippen LogP contribution in [0.15, 0.2) is 18.2 Å². The SMILES string of the molecule is Cc1ccc(C(=O)N2C3CCC2CC(N)C3)c(C)c1. The van der Waals surface area contributed by atoms with Crippen LogP contribution >= 0.6 is 0 Å². The van der Waals surface area contributed by atoms with Gasteiger partial charge < -0.3 is 10.6 Å². The number of carbonyl (C=O) groups is 1. The Hall–Kier alpha value is -1.35. The molecule has 0 aromatic heterocycles. The molecule has 3 rings (SSSR count). The normalized spacial score (nSPS) is 29.6. The van der Waals surface area contributed by atoms with Crippen LogP contribution in [-0.4, -0.2) is 28.9 Å². The lowest BCUT2D eigenvalue weighted by atomic mass is 9.96. The third-order valence-electron chi connectivity index (χ3n) is 4.62. The van der Waals surface area contributed by atoms with E-state index in [0.29, 0.717) is 12.1 Å². The summed E-state index contributed by atoms with van der Waals surface area (Å²) in [6, 6.07) is 7.09. The number of rotatable bonds is 1. The van der Waals surface area contributed by atoms with Crippen molar-refractivity contribution in [1.82, 2.24) is 4.90 Å². The number of nitrogens with zero attached hydrogens (tertiary/aromatic N) is 1. The van der Waals surface area contributed by atoms with Gasteiger partial charge in [0.25, 0.3) is 5.91 Å². The van der Waals surface area contributed by atoms with E-state index >= 15 is 0 Å². The van der Waals surface area contributed by atoms with Crippen molar-refractivity contribution in [2.45, 2.75) is 57.7 Å². The molecule has 2 atom stereocenters. The quantitative estimate of drug-likeness (QED) is 0.840. The first-order valence-corrected chi connectivity index (χ1v) is 7.21. The zero-order valence-electron chi connectivity index (χ0n) is 11.7. The Balaban J connectivity index is 1.88. The lowest BCUT2D eigenvalue weighted by molar-refractivity contribution is 0.0574. The number of hydrogen-bond donors (Lipinski definition) is 1. The van der Waals surface area contributed by atoms with Gasteiger partial charge in [0.05, 0.1) is 0 Å². The molecule has 1 amide bonds. The molecule has 2 unspecified atom stereocenters. The maximum absolute atomic E-state index is 12.8. The van der Waals surface area contributed by atoms with Crippen molar-refractivity contribution in [1.29, 1.82) is 0 Å². The molecular formula is C16H22N2O. The van der Waals surface area contributed by atoms with E-state index in [4.69, 9.17) is 5.73 Å². The molecular weight excluding hydrogens is 236 g/mol. The highest BCUT2D eigenvalue weighted by Crippen LogP contribution is 2.36. The molecule has 0 radical (unpaired) electrons. The minimum atomic E-state index is 0.205. The topological polar surface area (TPSA) is 46.3 Å². The van der Waals surface area contributed by atoms with Gasteiger partial charge in [0.15, 0.2) is 0 Å². The van der Waals surface area contributed by atoms with E-state index in [9.17, 15) is 4.79 Å². The number of hydrogen-bond acceptors (Lipinski definition) is 2. The van der Waals surface area contributed by atoms with Crippen molar-refractivity contribution in [3.63, 3.8) is 0 Å². The Kier molecular flexibility index (Phi) is 3.09. The molecule has 2 fully saturated rings. The highest BCUT2D eigenvalue weighted by atomic mass is 16.2. The van der Waals surface area contributed by atoms with Gasteiger partial charge in [0.2, 0.25) is 0 Å². The number of piperidine rings is 1. The van der Waals surface area contributed by atoms with Crippen molar-refractivity contribution in [3.05, 3.63) is 34.9 Å².